The van der Waals surface area contributed by atoms with Crippen molar-refractivity contribution < 1.29 is 14.7 Å². The van der Waals surface area contributed by atoms with Crippen molar-refractivity contribution in [1.82, 2.24) is 10.2 Å². The summed E-state index contributed by atoms with van der Waals surface area (Å²) in [6.07, 6.45) is 4.90. The molecule has 1 aliphatic carbocycles. The molecule has 6 heteroatoms. The van der Waals surface area contributed by atoms with Crippen LogP contribution in [0.15, 0.2) is 17.5 Å². The number of hydrogen-bond donors (Lipinski definition) is 2. The van der Waals surface area contributed by atoms with Gasteiger partial charge in [0.2, 0.25) is 11.8 Å². The number of nitrogens with one attached hydrogen (secondary N) is 1. The molecular formula is C22H34N2O3S. The van der Waals surface area contributed by atoms with Crippen molar-refractivity contribution in [2.45, 2.75) is 83.9 Å². The number of aliphatic hydroxyl groups is 1. The second-order valence-corrected chi connectivity index (χ2v) is 10.8. The fourth-order valence-electron chi connectivity index (χ4n) is 4.47. The molecule has 156 valence electrons. The fourth-order valence-corrected chi connectivity index (χ4v) is 5.34. The number of piperidine rings is 1. The van der Waals surface area contributed by atoms with Crippen molar-refractivity contribution in [2.24, 2.45) is 11.3 Å². The van der Waals surface area contributed by atoms with Crippen LogP contribution in [0.2, 0.25) is 0 Å². The van der Waals surface area contributed by atoms with Gasteiger partial charge in [-0.3, -0.25) is 9.59 Å². The summed E-state index contributed by atoms with van der Waals surface area (Å²) < 4.78 is 0. The predicted octanol–water partition coefficient (Wildman–Crippen LogP) is 3.88. The lowest BCUT2D eigenvalue weighted by Crippen LogP contribution is -2.63. The Labute approximate surface area is 172 Å². The second-order valence-electron chi connectivity index (χ2n) is 9.86. The summed E-state index contributed by atoms with van der Waals surface area (Å²) in [5, 5.41) is 16.3. The van der Waals surface area contributed by atoms with Gasteiger partial charge in [-0.25, -0.2) is 0 Å². The van der Waals surface area contributed by atoms with Gasteiger partial charge in [0.05, 0.1) is 17.7 Å². The third-order valence-corrected chi connectivity index (χ3v) is 6.98. The van der Waals surface area contributed by atoms with Crippen LogP contribution in [0, 0.1) is 11.3 Å². The number of carbonyl (C=O) groups excluding carboxylic acids is 2. The number of amides is 2. The lowest BCUT2D eigenvalue weighted by atomic mass is 9.80. The fraction of sp³-hybridized carbons (Fsp3) is 0.727. The Morgan fingerprint density at radius 1 is 1.32 bits per heavy atom. The molecule has 0 aromatic carbocycles. The predicted molar refractivity (Wildman–Crippen MR) is 112 cm³/mol. The molecule has 0 bridgehead atoms. The third-order valence-electron chi connectivity index (χ3n) is 6.04. The minimum atomic E-state index is -1.05. The van der Waals surface area contributed by atoms with Crippen LogP contribution < -0.4 is 5.32 Å². The van der Waals surface area contributed by atoms with Crippen LogP contribution in [-0.4, -0.2) is 40.0 Å². The smallest absolute Gasteiger partial charge is 0.223 e. The van der Waals surface area contributed by atoms with Crippen LogP contribution in [0.25, 0.3) is 0 Å². The zero-order valence-corrected chi connectivity index (χ0v) is 18.3. The van der Waals surface area contributed by atoms with E-state index >= 15 is 0 Å². The average molecular weight is 407 g/mol. The van der Waals surface area contributed by atoms with E-state index in [2.05, 4.69) is 26.1 Å². The highest BCUT2D eigenvalue weighted by Gasteiger charge is 2.48. The molecule has 2 heterocycles. The van der Waals surface area contributed by atoms with Gasteiger partial charge in [-0.15, -0.1) is 11.3 Å². The number of thiophene rings is 1. The summed E-state index contributed by atoms with van der Waals surface area (Å²) in [5.74, 6) is 0.136. The van der Waals surface area contributed by atoms with Gasteiger partial charge in [0.25, 0.3) is 0 Å². The molecule has 1 aliphatic heterocycles. The van der Waals surface area contributed by atoms with Crippen LogP contribution in [0.1, 0.15) is 77.1 Å². The quantitative estimate of drug-likeness (QED) is 0.797. The zero-order valence-electron chi connectivity index (χ0n) is 17.5. The third kappa shape index (κ3) is 4.77. The maximum absolute atomic E-state index is 13.2. The van der Waals surface area contributed by atoms with E-state index in [9.17, 15) is 14.7 Å². The summed E-state index contributed by atoms with van der Waals surface area (Å²) >= 11 is 1.58. The first-order valence-electron chi connectivity index (χ1n) is 10.4. The van der Waals surface area contributed by atoms with E-state index in [4.69, 9.17) is 0 Å². The van der Waals surface area contributed by atoms with Gasteiger partial charge in [-0.2, -0.15) is 0 Å². The second kappa shape index (κ2) is 8.15. The number of nitrogens with zero attached hydrogens (tertiary/aromatic N) is 1. The van der Waals surface area contributed by atoms with Crippen LogP contribution in [0.5, 0.6) is 0 Å². The van der Waals surface area contributed by atoms with Gasteiger partial charge in [-0.05, 0) is 43.0 Å². The van der Waals surface area contributed by atoms with Crippen LogP contribution in [0.3, 0.4) is 0 Å². The molecule has 1 aromatic rings. The van der Waals surface area contributed by atoms with Crippen molar-refractivity contribution in [3.8, 4) is 0 Å². The number of hydrogen-bond acceptors (Lipinski definition) is 4. The molecule has 0 radical (unpaired) electrons. The van der Waals surface area contributed by atoms with E-state index in [0.717, 1.165) is 30.6 Å². The molecule has 3 rings (SSSR count). The van der Waals surface area contributed by atoms with Crippen molar-refractivity contribution in [3.05, 3.63) is 22.4 Å². The van der Waals surface area contributed by atoms with E-state index in [-0.39, 0.29) is 29.2 Å². The van der Waals surface area contributed by atoms with E-state index in [1.165, 1.54) is 0 Å². The van der Waals surface area contributed by atoms with E-state index in [0.29, 0.717) is 19.4 Å². The Morgan fingerprint density at radius 2 is 2.00 bits per heavy atom. The Balaban J connectivity index is 1.90. The molecule has 1 saturated carbocycles. The highest BCUT2D eigenvalue weighted by Crippen LogP contribution is 2.40. The largest absolute Gasteiger partial charge is 0.388 e. The molecule has 3 atom stereocenters. The number of likely N-dealkylation sites (tertiary alicyclic amines) is 1. The number of rotatable bonds is 4. The summed E-state index contributed by atoms with van der Waals surface area (Å²) in [4.78, 5) is 29.0. The summed E-state index contributed by atoms with van der Waals surface area (Å²) in [5.41, 5.74) is -1.17. The zero-order chi connectivity index (χ0) is 20.5. The molecule has 2 N–H and O–H groups in total. The van der Waals surface area contributed by atoms with Gasteiger partial charge in [-0.1, -0.05) is 39.7 Å². The maximum atomic E-state index is 13.2. The Kier molecular flexibility index (Phi) is 6.20. The molecule has 2 amide bonds. The Morgan fingerprint density at radius 3 is 2.57 bits per heavy atom. The first kappa shape index (κ1) is 21.3. The van der Waals surface area contributed by atoms with Gasteiger partial charge in [0.1, 0.15) is 0 Å². The van der Waals surface area contributed by atoms with E-state index in [1.807, 2.05) is 22.4 Å². The maximum Gasteiger partial charge on any atom is 0.223 e. The molecule has 3 unspecified atom stereocenters. The topological polar surface area (TPSA) is 69.6 Å². The van der Waals surface area contributed by atoms with E-state index < -0.39 is 11.6 Å². The SMILES string of the molecule is CC(C)(C)CC(=O)N1CCC(C)(O)C(NC(=O)C2CCCC2)C1c1cccs1. The highest BCUT2D eigenvalue weighted by molar-refractivity contribution is 7.10. The number of carbonyl (C=O) groups is 2. The van der Waals surface area contributed by atoms with E-state index in [1.54, 1.807) is 18.3 Å². The van der Waals surface area contributed by atoms with Crippen molar-refractivity contribution in [2.75, 3.05) is 6.54 Å². The highest BCUT2D eigenvalue weighted by atomic mass is 32.1. The van der Waals surface area contributed by atoms with Gasteiger partial charge >= 0.3 is 0 Å². The minimum Gasteiger partial charge on any atom is -0.388 e. The lowest BCUT2D eigenvalue weighted by molar-refractivity contribution is -0.148. The molecule has 28 heavy (non-hydrogen) atoms. The van der Waals surface area contributed by atoms with Gasteiger partial charge < -0.3 is 15.3 Å². The monoisotopic (exact) mass is 406 g/mol. The molecule has 2 aliphatic rings. The molecule has 1 saturated heterocycles. The normalized spacial score (nSPS) is 29.1. The molecule has 0 spiro atoms. The van der Waals surface area contributed by atoms with Gasteiger partial charge in [0.15, 0.2) is 0 Å². The Hall–Kier alpha value is -1.40. The van der Waals surface area contributed by atoms with Crippen molar-refractivity contribution in [1.29, 1.82) is 0 Å². The summed E-state index contributed by atoms with van der Waals surface area (Å²) in [7, 11) is 0. The summed E-state index contributed by atoms with van der Waals surface area (Å²) in [6, 6.07) is 3.13. The standard InChI is InChI=1S/C22H34N2O3S/c1-21(2,3)14-17(25)24-12-11-22(4,27)19(18(24)16-10-7-13-28-16)23-20(26)15-8-5-6-9-15/h7,10,13,15,18-19,27H,5-6,8-9,11-12,14H2,1-4H3,(H,23,26). The first-order valence-corrected chi connectivity index (χ1v) is 11.3. The molecule has 1 aromatic heterocycles. The summed E-state index contributed by atoms with van der Waals surface area (Å²) in [6.45, 7) is 8.47. The molecule has 5 nitrogen and oxygen atoms in total. The first-order chi connectivity index (χ1) is 13.1. The Bertz CT molecular complexity index is 687. The molecule has 2 fully saturated rings. The molecular weight excluding hydrogens is 372 g/mol. The van der Waals surface area contributed by atoms with Gasteiger partial charge in [0, 0.05) is 23.8 Å². The van der Waals surface area contributed by atoms with Crippen molar-refractivity contribution >= 4 is 23.2 Å². The van der Waals surface area contributed by atoms with Crippen LogP contribution in [0.4, 0.5) is 0 Å². The van der Waals surface area contributed by atoms with Crippen LogP contribution >= 0.6 is 11.3 Å². The van der Waals surface area contributed by atoms with Crippen LogP contribution in [-0.2, 0) is 9.59 Å². The minimum absolute atomic E-state index is 0.0226. The van der Waals surface area contributed by atoms with Crippen molar-refractivity contribution in [3.63, 3.8) is 0 Å². The lowest BCUT2D eigenvalue weighted by Gasteiger charge is -2.49. The average Bonchev–Trinajstić information content (AvgIpc) is 3.28.